The summed E-state index contributed by atoms with van der Waals surface area (Å²) >= 11 is 5.81. The molecule has 2 heterocycles. The van der Waals surface area contributed by atoms with Crippen molar-refractivity contribution in [1.29, 1.82) is 0 Å². The van der Waals surface area contributed by atoms with Crippen molar-refractivity contribution in [1.82, 2.24) is 10.2 Å². The molecule has 0 aromatic heterocycles. The van der Waals surface area contributed by atoms with Gasteiger partial charge in [0.2, 0.25) is 0 Å². The summed E-state index contributed by atoms with van der Waals surface area (Å²) in [5.41, 5.74) is -0.233. The van der Waals surface area contributed by atoms with E-state index in [1.54, 1.807) is 6.92 Å². The van der Waals surface area contributed by atoms with Crippen LogP contribution in [0.1, 0.15) is 19.8 Å². The molecule has 3 atom stereocenters. The summed E-state index contributed by atoms with van der Waals surface area (Å²) in [7, 11) is 0. The first-order chi connectivity index (χ1) is 12.0. The molecular weight excluding hydrogens is 381 g/mol. The minimum absolute atomic E-state index is 0. The van der Waals surface area contributed by atoms with Crippen LogP contribution < -0.4 is 10.1 Å². The highest BCUT2D eigenvalue weighted by molar-refractivity contribution is 6.30. The number of nitro groups is 1. The Bertz CT molecular complexity index is 659. The lowest BCUT2D eigenvalue weighted by molar-refractivity contribution is -0.386. The highest BCUT2D eigenvalue weighted by Gasteiger charge is 2.33. The van der Waals surface area contributed by atoms with E-state index < -0.39 is 11.0 Å². The van der Waals surface area contributed by atoms with Crippen molar-refractivity contribution < 1.29 is 14.5 Å². The highest BCUT2D eigenvalue weighted by Crippen LogP contribution is 2.31. The van der Waals surface area contributed by atoms with Crippen molar-refractivity contribution in [2.24, 2.45) is 11.8 Å². The first-order valence-electron chi connectivity index (χ1n) is 8.56. The highest BCUT2D eigenvalue weighted by atomic mass is 35.5. The Labute approximate surface area is 163 Å². The van der Waals surface area contributed by atoms with E-state index in [9.17, 15) is 14.9 Å². The van der Waals surface area contributed by atoms with Crippen LogP contribution in [0.15, 0.2) is 18.2 Å². The predicted octanol–water partition coefficient (Wildman–Crippen LogP) is 2.90. The third kappa shape index (κ3) is 4.58. The summed E-state index contributed by atoms with van der Waals surface area (Å²) in [6.45, 7) is 5.09. The molecule has 7 nitrogen and oxygen atoms in total. The van der Waals surface area contributed by atoms with E-state index in [1.807, 2.05) is 4.90 Å². The van der Waals surface area contributed by atoms with Gasteiger partial charge in [0.1, 0.15) is 0 Å². The summed E-state index contributed by atoms with van der Waals surface area (Å²) in [5, 5.41) is 14.8. The molecule has 1 amide bonds. The van der Waals surface area contributed by atoms with Gasteiger partial charge in [-0.2, -0.15) is 0 Å². The average Bonchev–Trinajstić information content (AvgIpc) is 2.94. The number of benzene rings is 1. The maximum Gasteiger partial charge on any atom is 0.312 e. The maximum absolute atomic E-state index is 12.7. The number of hydrogen-bond donors (Lipinski definition) is 1. The SMILES string of the molecule is CC(Oc1ccc(Cl)cc1[N+](=O)[O-])C(=O)N1CC[C@@H]2CNC[C@@H]2CC1.Cl. The number of likely N-dealkylation sites (tertiary alicyclic amines) is 1. The second kappa shape index (κ2) is 8.88. The zero-order valence-corrected chi connectivity index (χ0v) is 16.1. The molecule has 0 spiro atoms. The van der Waals surface area contributed by atoms with Crippen molar-refractivity contribution in [3.8, 4) is 5.75 Å². The van der Waals surface area contributed by atoms with Crippen molar-refractivity contribution in [3.63, 3.8) is 0 Å². The fourth-order valence-corrected chi connectivity index (χ4v) is 3.84. The Hall–Kier alpha value is -1.57. The lowest BCUT2D eigenvalue weighted by Gasteiger charge is -2.25. The second-order valence-corrected chi connectivity index (χ2v) is 7.15. The van der Waals surface area contributed by atoms with Gasteiger partial charge >= 0.3 is 5.69 Å². The van der Waals surface area contributed by atoms with Crippen LogP contribution in [-0.2, 0) is 4.79 Å². The number of rotatable bonds is 4. The maximum atomic E-state index is 12.7. The van der Waals surface area contributed by atoms with E-state index in [0.717, 1.165) is 25.9 Å². The number of fused-ring (bicyclic) bond motifs is 1. The van der Waals surface area contributed by atoms with Crippen molar-refractivity contribution >= 4 is 35.6 Å². The van der Waals surface area contributed by atoms with Crippen molar-refractivity contribution in [2.45, 2.75) is 25.9 Å². The van der Waals surface area contributed by atoms with Crippen LogP contribution in [0, 0.1) is 22.0 Å². The number of carbonyl (C=O) groups excluding carboxylic acids is 1. The van der Waals surface area contributed by atoms with E-state index in [-0.39, 0.29) is 34.8 Å². The number of hydrogen-bond acceptors (Lipinski definition) is 5. The second-order valence-electron chi connectivity index (χ2n) is 6.71. The molecule has 1 N–H and O–H groups in total. The molecule has 144 valence electrons. The molecule has 26 heavy (non-hydrogen) atoms. The molecule has 2 aliphatic heterocycles. The molecular formula is C17H23Cl2N3O4. The topological polar surface area (TPSA) is 84.7 Å². The van der Waals surface area contributed by atoms with Crippen LogP contribution in [0.2, 0.25) is 5.02 Å². The zero-order valence-electron chi connectivity index (χ0n) is 14.5. The molecule has 2 fully saturated rings. The van der Waals surface area contributed by atoms with Crippen molar-refractivity contribution in [2.75, 3.05) is 26.2 Å². The fraction of sp³-hybridized carbons (Fsp3) is 0.588. The van der Waals surface area contributed by atoms with Gasteiger partial charge in [0.05, 0.1) is 4.92 Å². The summed E-state index contributed by atoms with van der Waals surface area (Å²) in [6, 6.07) is 4.18. The summed E-state index contributed by atoms with van der Waals surface area (Å²) < 4.78 is 5.61. The molecule has 1 unspecified atom stereocenters. The van der Waals surface area contributed by atoms with Crippen LogP contribution in [0.4, 0.5) is 5.69 Å². The molecule has 2 aliphatic rings. The van der Waals surface area contributed by atoms with Gasteiger partial charge in [-0.3, -0.25) is 14.9 Å². The molecule has 0 aliphatic carbocycles. The molecule has 3 rings (SSSR count). The number of ether oxygens (including phenoxy) is 1. The van der Waals surface area contributed by atoms with E-state index in [0.29, 0.717) is 24.9 Å². The van der Waals surface area contributed by atoms with Gasteiger partial charge in [-0.15, -0.1) is 12.4 Å². The Morgan fingerprint density at radius 2 is 1.96 bits per heavy atom. The zero-order chi connectivity index (χ0) is 18.0. The minimum Gasteiger partial charge on any atom is -0.474 e. The number of nitrogens with one attached hydrogen (secondary N) is 1. The van der Waals surface area contributed by atoms with Crippen LogP contribution in [-0.4, -0.2) is 48.0 Å². The number of halogens is 2. The first-order valence-corrected chi connectivity index (χ1v) is 8.93. The number of amides is 1. The molecule has 1 aromatic carbocycles. The van der Waals surface area contributed by atoms with Gasteiger partial charge in [0, 0.05) is 24.2 Å². The van der Waals surface area contributed by atoms with Crippen LogP contribution in [0.5, 0.6) is 5.75 Å². The standard InChI is InChI=1S/C17H22ClN3O4.ClH/c1-11(25-16-3-2-14(18)8-15(16)21(23)24)17(22)20-6-4-12-9-19-10-13(12)5-7-20;/h2-3,8,11-13,19H,4-7,9-10H2,1H3;1H/t11?,12-,13+;. The van der Waals surface area contributed by atoms with E-state index in [1.165, 1.54) is 18.2 Å². The quantitative estimate of drug-likeness (QED) is 0.616. The molecule has 9 heteroatoms. The van der Waals surface area contributed by atoms with Crippen LogP contribution >= 0.6 is 24.0 Å². The molecule has 2 saturated heterocycles. The Kier molecular flexibility index (Phi) is 7.08. The Balaban J connectivity index is 0.00000243. The third-order valence-corrected chi connectivity index (χ3v) is 5.34. The van der Waals surface area contributed by atoms with E-state index >= 15 is 0 Å². The van der Waals surface area contributed by atoms with Gasteiger partial charge in [0.25, 0.3) is 5.91 Å². The Morgan fingerprint density at radius 1 is 1.35 bits per heavy atom. The van der Waals surface area contributed by atoms with Crippen LogP contribution in [0.3, 0.4) is 0 Å². The van der Waals surface area contributed by atoms with Gasteiger partial charge < -0.3 is 15.0 Å². The normalized spacial score (nSPS) is 23.4. The molecule has 1 aromatic rings. The summed E-state index contributed by atoms with van der Waals surface area (Å²) in [6.07, 6.45) is 1.19. The van der Waals surface area contributed by atoms with Gasteiger partial charge in [-0.25, -0.2) is 0 Å². The third-order valence-electron chi connectivity index (χ3n) is 5.10. The molecule has 0 bridgehead atoms. The number of nitro benzene ring substituents is 1. The van der Waals surface area contributed by atoms with Crippen molar-refractivity contribution in [3.05, 3.63) is 33.3 Å². The van der Waals surface area contributed by atoms with Gasteiger partial charge in [-0.05, 0) is 56.8 Å². The van der Waals surface area contributed by atoms with Gasteiger partial charge in [0.15, 0.2) is 11.9 Å². The smallest absolute Gasteiger partial charge is 0.312 e. The largest absolute Gasteiger partial charge is 0.474 e. The molecule has 0 saturated carbocycles. The lowest BCUT2D eigenvalue weighted by atomic mass is 9.92. The fourth-order valence-electron chi connectivity index (χ4n) is 3.67. The summed E-state index contributed by atoms with van der Waals surface area (Å²) in [4.78, 5) is 25.1. The monoisotopic (exact) mass is 403 g/mol. The predicted molar refractivity (Wildman–Crippen MR) is 101 cm³/mol. The van der Waals surface area contributed by atoms with E-state index in [2.05, 4.69) is 5.32 Å². The van der Waals surface area contributed by atoms with Crippen LogP contribution in [0.25, 0.3) is 0 Å². The number of carbonyl (C=O) groups is 1. The van der Waals surface area contributed by atoms with Gasteiger partial charge in [-0.1, -0.05) is 11.6 Å². The average molecular weight is 404 g/mol. The minimum atomic E-state index is -0.782. The number of nitrogens with zero attached hydrogens (tertiary/aromatic N) is 2. The molecule has 0 radical (unpaired) electrons. The lowest BCUT2D eigenvalue weighted by Crippen LogP contribution is -2.41. The summed E-state index contributed by atoms with van der Waals surface area (Å²) in [5.74, 6) is 1.20. The van der Waals surface area contributed by atoms with E-state index in [4.69, 9.17) is 16.3 Å². The Morgan fingerprint density at radius 3 is 2.54 bits per heavy atom. The first kappa shape index (κ1) is 20.7.